The second-order valence-electron chi connectivity index (χ2n) is 8.40. The molecule has 0 atom stereocenters. The SMILES string of the molecule is COc1cc(C=CC(=O)C=Cc2ccc(OC(=O)c3ccccc3)c(OC)c2)ccc1OC(=O)c1ccccc1. The first-order valence-electron chi connectivity index (χ1n) is 12.3. The highest BCUT2D eigenvalue weighted by Gasteiger charge is 2.13. The highest BCUT2D eigenvalue weighted by Crippen LogP contribution is 2.30. The van der Waals surface area contributed by atoms with Gasteiger partial charge in [-0.3, -0.25) is 4.79 Å². The van der Waals surface area contributed by atoms with Gasteiger partial charge in [0.2, 0.25) is 0 Å². The summed E-state index contributed by atoms with van der Waals surface area (Å²) in [7, 11) is 2.94. The van der Waals surface area contributed by atoms with Crippen LogP contribution in [0.2, 0.25) is 0 Å². The van der Waals surface area contributed by atoms with Crippen molar-refractivity contribution >= 4 is 29.9 Å². The topological polar surface area (TPSA) is 88.1 Å². The Morgan fingerprint density at radius 3 is 1.30 bits per heavy atom. The van der Waals surface area contributed by atoms with Gasteiger partial charge in [-0.25, -0.2) is 9.59 Å². The van der Waals surface area contributed by atoms with E-state index in [4.69, 9.17) is 18.9 Å². The number of hydrogen-bond donors (Lipinski definition) is 0. The van der Waals surface area contributed by atoms with Crippen LogP contribution < -0.4 is 18.9 Å². The minimum atomic E-state index is -0.499. The lowest BCUT2D eigenvalue weighted by Gasteiger charge is -2.10. The monoisotopic (exact) mass is 534 g/mol. The van der Waals surface area contributed by atoms with E-state index in [1.54, 1.807) is 97.1 Å². The number of methoxy groups -OCH3 is 2. The molecular formula is C33H26O7. The number of benzene rings is 4. The van der Waals surface area contributed by atoms with Crippen LogP contribution >= 0.6 is 0 Å². The van der Waals surface area contributed by atoms with Crippen molar-refractivity contribution in [2.24, 2.45) is 0 Å². The summed E-state index contributed by atoms with van der Waals surface area (Å²) < 4.78 is 21.6. The van der Waals surface area contributed by atoms with Gasteiger partial charge < -0.3 is 18.9 Å². The molecule has 0 aliphatic rings. The summed E-state index contributed by atoms with van der Waals surface area (Å²) >= 11 is 0. The van der Waals surface area contributed by atoms with E-state index < -0.39 is 11.9 Å². The van der Waals surface area contributed by atoms with Gasteiger partial charge in [0.05, 0.1) is 25.3 Å². The van der Waals surface area contributed by atoms with E-state index in [-0.39, 0.29) is 17.3 Å². The lowest BCUT2D eigenvalue weighted by atomic mass is 10.1. The van der Waals surface area contributed by atoms with Crippen LogP contribution in [-0.4, -0.2) is 31.9 Å². The molecule has 0 unspecified atom stereocenters. The normalized spacial score (nSPS) is 10.8. The van der Waals surface area contributed by atoms with Crippen molar-refractivity contribution < 1.29 is 33.3 Å². The number of hydrogen-bond acceptors (Lipinski definition) is 7. The molecule has 0 aliphatic heterocycles. The molecule has 0 aromatic heterocycles. The molecule has 4 aromatic carbocycles. The molecule has 0 heterocycles. The Hall–Kier alpha value is -5.43. The van der Waals surface area contributed by atoms with Crippen LogP contribution in [0, 0.1) is 0 Å². The molecule has 7 nitrogen and oxygen atoms in total. The molecule has 0 amide bonds. The van der Waals surface area contributed by atoms with E-state index in [2.05, 4.69) is 0 Å². The standard InChI is InChI=1S/C33H26O7/c1-37-30-21-23(15-19-28(30)39-32(35)25-9-5-3-6-10-25)13-17-27(34)18-14-24-16-20-29(31(22-24)38-2)40-33(36)26-11-7-4-8-12-26/h3-22H,1-2H3. The van der Waals surface area contributed by atoms with Crippen LogP contribution in [0.5, 0.6) is 23.0 Å². The molecule has 0 N–H and O–H groups in total. The van der Waals surface area contributed by atoms with E-state index in [1.807, 2.05) is 12.1 Å². The summed E-state index contributed by atoms with van der Waals surface area (Å²) in [6, 6.07) is 27.3. The lowest BCUT2D eigenvalue weighted by molar-refractivity contribution is -0.110. The van der Waals surface area contributed by atoms with Crippen molar-refractivity contribution in [2.45, 2.75) is 0 Å². The van der Waals surface area contributed by atoms with Crippen LogP contribution in [0.15, 0.2) is 109 Å². The van der Waals surface area contributed by atoms with Gasteiger partial charge in [-0.1, -0.05) is 60.7 Å². The number of ketones is 1. The molecule has 4 aromatic rings. The molecular weight excluding hydrogens is 508 g/mol. The number of ether oxygens (including phenoxy) is 4. The highest BCUT2D eigenvalue weighted by atomic mass is 16.6. The van der Waals surface area contributed by atoms with Gasteiger partial charge in [-0.15, -0.1) is 0 Å². The summed E-state index contributed by atoms with van der Waals surface area (Å²) in [5, 5.41) is 0. The molecule has 7 heteroatoms. The van der Waals surface area contributed by atoms with Gasteiger partial charge >= 0.3 is 11.9 Å². The maximum Gasteiger partial charge on any atom is 0.343 e. The van der Waals surface area contributed by atoms with E-state index in [0.29, 0.717) is 33.8 Å². The quantitative estimate of drug-likeness (QED) is 0.131. The Balaban J connectivity index is 1.39. The Labute approximate surface area is 231 Å². The summed E-state index contributed by atoms with van der Waals surface area (Å²) in [4.78, 5) is 37.2. The lowest BCUT2D eigenvalue weighted by Crippen LogP contribution is -2.09. The molecule has 0 spiro atoms. The van der Waals surface area contributed by atoms with Gasteiger partial charge in [-0.05, 0) is 71.8 Å². The minimum absolute atomic E-state index is 0.253. The number of allylic oxidation sites excluding steroid dienone is 2. The van der Waals surface area contributed by atoms with E-state index in [9.17, 15) is 14.4 Å². The zero-order chi connectivity index (χ0) is 28.3. The van der Waals surface area contributed by atoms with E-state index >= 15 is 0 Å². The Bertz CT molecular complexity index is 1440. The maximum absolute atomic E-state index is 12.5. The summed E-state index contributed by atoms with van der Waals surface area (Å²) in [5.74, 6) is 0.00225. The Morgan fingerprint density at radius 1 is 0.525 bits per heavy atom. The first-order chi connectivity index (χ1) is 19.5. The van der Waals surface area contributed by atoms with Crippen molar-refractivity contribution in [1.29, 1.82) is 0 Å². The van der Waals surface area contributed by atoms with Crippen LogP contribution in [0.25, 0.3) is 12.2 Å². The third kappa shape index (κ3) is 7.33. The summed E-state index contributed by atoms with van der Waals surface area (Å²) in [6.07, 6.45) is 6.08. The average Bonchev–Trinajstić information content (AvgIpc) is 3.00. The van der Waals surface area contributed by atoms with Crippen LogP contribution in [0.4, 0.5) is 0 Å². The van der Waals surface area contributed by atoms with Crippen molar-refractivity contribution in [3.63, 3.8) is 0 Å². The fraction of sp³-hybridized carbons (Fsp3) is 0.0606. The second kappa shape index (κ2) is 13.4. The fourth-order valence-corrected chi connectivity index (χ4v) is 3.62. The van der Waals surface area contributed by atoms with Crippen molar-refractivity contribution in [3.8, 4) is 23.0 Å². The van der Waals surface area contributed by atoms with Crippen molar-refractivity contribution in [3.05, 3.63) is 131 Å². The Morgan fingerprint density at radius 2 is 0.925 bits per heavy atom. The first kappa shape index (κ1) is 27.6. The molecule has 0 bridgehead atoms. The summed E-state index contributed by atoms with van der Waals surface area (Å²) in [6.45, 7) is 0. The maximum atomic E-state index is 12.5. The molecule has 40 heavy (non-hydrogen) atoms. The number of rotatable bonds is 10. The van der Waals surface area contributed by atoms with Gasteiger partial charge in [0.25, 0.3) is 0 Å². The first-order valence-corrected chi connectivity index (χ1v) is 12.3. The zero-order valence-electron chi connectivity index (χ0n) is 21.9. The van der Waals surface area contributed by atoms with Gasteiger partial charge in [0.15, 0.2) is 28.8 Å². The smallest absolute Gasteiger partial charge is 0.343 e. The predicted octanol–water partition coefficient (Wildman–Crippen LogP) is 6.44. The molecule has 0 saturated heterocycles. The van der Waals surface area contributed by atoms with E-state index in [0.717, 1.165) is 0 Å². The number of carbonyl (C=O) groups is 3. The van der Waals surface area contributed by atoms with Gasteiger partial charge in [-0.2, -0.15) is 0 Å². The van der Waals surface area contributed by atoms with Gasteiger partial charge in [0.1, 0.15) is 0 Å². The van der Waals surface area contributed by atoms with Gasteiger partial charge in [0, 0.05) is 0 Å². The zero-order valence-corrected chi connectivity index (χ0v) is 21.9. The molecule has 0 fully saturated rings. The molecule has 0 radical (unpaired) electrons. The molecule has 4 rings (SSSR count). The molecule has 0 saturated carbocycles. The minimum Gasteiger partial charge on any atom is -0.493 e. The Kier molecular flexibility index (Phi) is 9.24. The van der Waals surface area contributed by atoms with Crippen molar-refractivity contribution in [2.75, 3.05) is 14.2 Å². The third-order valence-corrected chi connectivity index (χ3v) is 5.68. The largest absolute Gasteiger partial charge is 0.493 e. The highest BCUT2D eigenvalue weighted by molar-refractivity contribution is 6.04. The second-order valence-corrected chi connectivity index (χ2v) is 8.40. The number of esters is 2. The van der Waals surface area contributed by atoms with Crippen LogP contribution in [0.1, 0.15) is 31.8 Å². The number of carbonyl (C=O) groups excluding carboxylic acids is 3. The van der Waals surface area contributed by atoms with Crippen molar-refractivity contribution in [1.82, 2.24) is 0 Å². The third-order valence-electron chi connectivity index (χ3n) is 5.68. The fourth-order valence-electron chi connectivity index (χ4n) is 3.62. The van der Waals surface area contributed by atoms with Crippen LogP contribution in [0.3, 0.4) is 0 Å². The summed E-state index contributed by atoms with van der Waals surface area (Å²) in [5.41, 5.74) is 2.21. The molecule has 200 valence electrons. The molecule has 0 aliphatic carbocycles. The predicted molar refractivity (Wildman–Crippen MR) is 152 cm³/mol. The van der Waals surface area contributed by atoms with Crippen LogP contribution in [-0.2, 0) is 4.79 Å². The average molecular weight is 535 g/mol. The van der Waals surface area contributed by atoms with E-state index in [1.165, 1.54) is 26.4 Å².